The fraction of sp³-hybridized carbons (Fsp3) is 0.750. The first-order valence-electron chi connectivity index (χ1n) is 3.60. The summed E-state index contributed by atoms with van der Waals surface area (Å²) >= 11 is 0. The minimum atomic E-state index is 0.692. The maximum absolute atomic E-state index is 3.92. The Hall–Kier alpha value is -0.300. The molecule has 0 amide bonds. The van der Waals surface area contributed by atoms with Crippen molar-refractivity contribution in [1.82, 2.24) is 5.32 Å². The lowest BCUT2D eigenvalue weighted by Gasteiger charge is -2.12. The van der Waals surface area contributed by atoms with Gasteiger partial charge in [-0.05, 0) is 12.3 Å². The van der Waals surface area contributed by atoms with Crippen LogP contribution < -0.4 is 5.32 Å². The van der Waals surface area contributed by atoms with Gasteiger partial charge in [-0.25, -0.2) is 0 Å². The topological polar surface area (TPSA) is 12.0 Å². The summed E-state index contributed by atoms with van der Waals surface area (Å²) in [5, 5.41) is 3.41. The van der Waals surface area contributed by atoms with Crippen molar-refractivity contribution in [2.24, 2.45) is 5.92 Å². The number of rotatable bonds is 1. The van der Waals surface area contributed by atoms with E-state index in [4.69, 9.17) is 0 Å². The molecule has 0 aromatic carbocycles. The van der Waals surface area contributed by atoms with Gasteiger partial charge in [0.25, 0.3) is 0 Å². The zero-order chi connectivity index (χ0) is 6.85. The standard InChI is InChI=1S/C8H15N/c1-6(2)8-4-7(3)5-9-8/h6,8-9H,3-5H2,1-2H3. The molecule has 1 nitrogen and oxygen atoms in total. The van der Waals surface area contributed by atoms with Crippen LogP contribution in [-0.2, 0) is 0 Å². The van der Waals surface area contributed by atoms with Crippen LogP contribution >= 0.6 is 0 Å². The molecule has 1 N–H and O–H groups in total. The lowest BCUT2D eigenvalue weighted by molar-refractivity contribution is 0.455. The summed E-state index contributed by atoms with van der Waals surface area (Å²) in [6, 6.07) is 0.692. The van der Waals surface area contributed by atoms with E-state index in [1.165, 1.54) is 12.0 Å². The summed E-state index contributed by atoms with van der Waals surface area (Å²) < 4.78 is 0. The van der Waals surface area contributed by atoms with Gasteiger partial charge in [-0.15, -0.1) is 0 Å². The molecule has 1 fully saturated rings. The molecule has 9 heavy (non-hydrogen) atoms. The average Bonchev–Trinajstić information content (AvgIpc) is 2.14. The molecular formula is C8H15N. The van der Waals surface area contributed by atoms with Crippen molar-refractivity contribution in [3.8, 4) is 0 Å². The monoisotopic (exact) mass is 125 g/mol. The minimum Gasteiger partial charge on any atom is -0.310 e. The molecule has 1 atom stereocenters. The number of hydrogen-bond donors (Lipinski definition) is 1. The Labute approximate surface area is 57.1 Å². The van der Waals surface area contributed by atoms with Gasteiger partial charge in [0.2, 0.25) is 0 Å². The summed E-state index contributed by atoms with van der Waals surface area (Å²) in [5.74, 6) is 0.754. The third-order valence-corrected chi connectivity index (χ3v) is 1.93. The molecule has 1 saturated heterocycles. The van der Waals surface area contributed by atoms with Crippen molar-refractivity contribution < 1.29 is 0 Å². The third kappa shape index (κ3) is 1.55. The van der Waals surface area contributed by atoms with Gasteiger partial charge in [-0.2, -0.15) is 0 Å². The zero-order valence-corrected chi connectivity index (χ0v) is 6.28. The predicted octanol–water partition coefficient (Wildman–Crippen LogP) is 1.56. The molecule has 0 aliphatic carbocycles. The summed E-state index contributed by atoms with van der Waals surface area (Å²) in [5.41, 5.74) is 1.36. The largest absolute Gasteiger partial charge is 0.310 e. The van der Waals surface area contributed by atoms with Gasteiger partial charge < -0.3 is 5.32 Å². The summed E-state index contributed by atoms with van der Waals surface area (Å²) in [6.07, 6.45) is 1.18. The van der Waals surface area contributed by atoms with Gasteiger partial charge in [0, 0.05) is 12.6 Å². The maximum atomic E-state index is 3.92. The second-order valence-corrected chi connectivity index (χ2v) is 3.19. The molecule has 1 heteroatoms. The molecule has 1 heterocycles. The Morgan fingerprint density at radius 2 is 2.33 bits per heavy atom. The van der Waals surface area contributed by atoms with E-state index in [1.54, 1.807) is 0 Å². The second kappa shape index (κ2) is 2.53. The van der Waals surface area contributed by atoms with Crippen molar-refractivity contribution in [1.29, 1.82) is 0 Å². The average molecular weight is 125 g/mol. The van der Waals surface area contributed by atoms with Crippen molar-refractivity contribution >= 4 is 0 Å². The van der Waals surface area contributed by atoms with Crippen molar-refractivity contribution in [3.63, 3.8) is 0 Å². The van der Waals surface area contributed by atoms with Gasteiger partial charge >= 0.3 is 0 Å². The van der Waals surface area contributed by atoms with Crippen molar-refractivity contribution in [2.75, 3.05) is 6.54 Å². The third-order valence-electron chi connectivity index (χ3n) is 1.93. The van der Waals surface area contributed by atoms with E-state index >= 15 is 0 Å². The Kier molecular flexibility index (Phi) is 1.91. The van der Waals surface area contributed by atoms with Crippen LogP contribution in [0.5, 0.6) is 0 Å². The SMILES string of the molecule is C=C1CNC(C(C)C)C1. The first kappa shape index (κ1) is 6.81. The fourth-order valence-electron chi connectivity index (χ4n) is 1.20. The van der Waals surface area contributed by atoms with Gasteiger partial charge in [0.05, 0.1) is 0 Å². The normalized spacial score (nSPS) is 27.9. The van der Waals surface area contributed by atoms with Crippen LogP contribution in [-0.4, -0.2) is 12.6 Å². The lowest BCUT2D eigenvalue weighted by Crippen LogP contribution is -2.26. The second-order valence-electron chi connectivity index (χ2n) is 3.19. The van der Waals surface area contributed by atoms with Crippen molar-refractivity contribution in [3.05, 3.63) is 12.2 Å². The van der Waals surface area contributed by atoms with Crippen molar-refractivity contribution in [2.45, 2.75) is 26.3 Å². The van der Waals surface area contributed by atoms with Crippen LogP contribution in [0.2, 0.25) is 0 Å². The molecule has 0 spiro atoms. The van der Waals surface area contributed by atoms with Crippen LogP contribution in [0.4, 0.5) is 0 Å². The van der Waals surface area contributed by atoms with E-state index in [9.17, 15) is 0 Å². The maximum Gasteiger partial charge on any atom is 0.0165 e. The van der Waals surface area contributed by atoms with Crippen LogP contribution in [0.1, 0.15) is 20.3 Å². The molecule has 1 unspecified atom stereocenters. The molecule has 0 radical (unpaired) electrons. The molecule has 1 aliphatic heterocycles. The minimum absolute atomic E-state index is 0.692. The van der Waals surface area contributed by atoms with Gasteiger partial charge in [0.15, 0.2) is 0 Å². The van der Waals surface area contributed by atoms with Crippen LogP contribution in [0.25, 0.3) is 0 Å². The number of nitrogens with one attached hydrogen (secondary N) is 1. The van der Waals surface area contributed by atoms with E-state index in [0.29, 0.717) is 6.04 Å². The zero-order valence-electron chi connectivity index (χ0n) is 6.28. The molecule has 1 rings (SSSR count). The van der Waals surface area contributed by atoms with E-state index in [1.807, 2.05) is 0 Å². The van der Waals surface area contributed by atoms with E-state index in [0.717, 1.165) is 12.5 Å². The van der Waals surface area contributed by atoms with Crippen LogP contribution in [0, 0.1) is 5.92 Å². The van der Waals surface area contributed by atoms with Gasteiger partial charge in [0.1, 0.15) is 0 Å². The van der Waals surface area contributed by atoms with Crippen LogP contribution in [0.15, 0.2) is 12.2 Å². The van der Waals surface area contributed by atoms with Crippen LogP contribution in [0.3, 0.4) is 0 Å². The highest BCUT2D eigenvalue weighted by Gasteiger charge is 2.19. The summed E-state index contributed by atoms with van der Waals surface area (Å²) in [4.78, 5) is 0. The highest BCUT2D eigenvalue weighted by Crippen LogP contribution is 2.16. The Bertz CT molecular complexity index is 116. The van der Waals surface area contributed by atoms with E-state index in [-0.39, 0.29) is 0 Å². The Balaban J connectivity index is 2.39. The Morgan fingerprint density at radius 3 is 2.56 bits per heavy atom. The molecular weight excluding hydrogens is 110 g/mol. The van der Waals surface area contributed by atoms with E-state index < -0.39 is 0 Å². The summed E-state index contributed by atoms with van der Waals surface area (Å²) in [7, 11) is 0. The molecule has 0 bridgehead atoms. The molecule has 1 aliphatic rings. The smallest absolute Gasteiger partial charge is 0.0165 e. The highest BCUT2D eigenvalue weighted by atomic mass is 14.9. The summed E-state index contributed by atoms with van der Waals surface area (Å²) in [6.45, 7) is 9.45. The van der Waals surface area contributed by atoms with E-state index in [2.05, 4.69) is 25.7 Å². The molecule has 52 valence electrons. The quantitative estimate of drug-likeness (QED) is 0.524. The molecule has 0 saturated carbocycles. The highest BCUT2D eigenvalue weighted by molar-refractivity contribution is 5.07. The first-order valence-corrected chi connectivity index (χ1v) is 3.60. The first-order chi connectivity index (χ1) is 4.20. The van der Waals surface area contributed by atoms with Gasteiger partial charge in [-0.3, -0.25) is 0 Å². The Morgan fingerprint density at radius 1 is 1.67 bits per heavy atom. The fourth-order valence-corrected chi connectivity index (χ4v) is 1.20. The molecule has 0 aromatic heterocycles. The lowest BCUT2D eigenvalue weighted by atomic mass is 10.0. The predicted molar refractivity (Wildman–Crippen MR) is 40.4 cm³/mol. The number of hydrogen-bond acceptors (Lipinski definition) is 1. The van der Waals surface area contributed by atoms with Gasteiger partial charge in [-0.1, -0.05) is 26.0 Å². The molecule has 0 aromatic rings.